The third-order valence-corrected chi connectivity index (χ3v) is 4.23. The molecule has 3 aromatic rings. The average Bonchev–Trinajstić information content (AvgIpc) is 3.24. The van der Waals surface area contributed by atoms with Crippen molar-refractivity contribution in [2.24, 2.45) is 0 Å². The molecule has 4 rings (SSSR count). The van der Waals surface area contributed by atoms with E-state index in [-0.39, 0.29) is 6.04 Å². The van der Waals surface area contributed by atoms with Gasteiger partial charge < -0.3 is 9.88 Å². The lowest BCUT2D eigenvalue weighted by Crippen LogP contribution is -2.25. The number of hydrogen-bond donors (Lipinski definition) is 1. The van der Waals surface area contributed by atoms with Crippen molar-refractivity contribution in [3.63, 3.8) is 0 Å². The van der Waals surface area contributed by atoms with Gasteiger partial charge in [0.25, 0.3) is 0 Å². The molecular weight excluding hydrogens is 302 g/mol. The summed E-state index contributed by atoms with van der Waals surface area (Å²) < 4.78 is 0. The largest absolute Gasteiger partial charge is 0.346 e. The molecule has 0 bridgehead atoms. The summed E-state index contributed by atoms with van der Waals surface area (Å²) in [5.74, 6) is 2.54. The lowest BCUT2D eigenvalue weighted by molar-refractivity contribution is 0.657. The third kappa shape index (κ3) is 2.73. The molecule has 1 fully saturated rings. The van der Waals surface area contributed by atoms with Crippen molar-refractivity contribution in [3.05, 3.63) is 48.1 Å². The van der Waals surface area contributed by atoms with Crippen LogP contribution in [0.5, 0.6) is 0 Å². The zero-order valence-electron chi connectivity index (χ0n) is 13.8. The van der Waals surface area contributed by atoms with Crippen molar-refractivity contribution in [2.75, 3.05) is 11.4 Å². The van der Waals surface area contributed by atoms with Gasteiger partial charge in [-0.3, -0.25) is 0 Å². The molecule has 1 N–H and O–H groups in total. The minimum atomic E-state index is 0.134. The Kier molecular flexibility index (Phi) is 3.68. The zero-order valence-corrected chi connectivity index (χ0v) is 13.8. The Labute approximate surface area is 140 Å². The first-order valence-electron chi connectivity index (χ1n) is 8.11. The number of anilines is 1. The second-order valence-corrected chi connectivity index (χ2v) is 6.09. The fourth-order valence-corrected chi connectivity index (χ4v) is 3.17. The molecule has 0 aromatic carbocycles. The second kappa shape index (κ2) is 5.99. The van der Waals surface area contributed by atoms with Crippen molar-refractivity contribution in [2.45, 2.75) is 32.7 Å². The van der Waals surface area contributed by atoms with Gasteiger partial charge >= 0.3 is 0 Å². The highest BCUT2D eigenvalue weighted by Gasteiger charge is 2.30. The molecule has 7 nitrogen and oxygen atoms in total. The van der Waals surface area contributed by atoms with Crippen LogP contribution in [0.15, 0.2) is 30.9 Å². The van der Waals surface area contributed by atoms with Gasteiger partial charge in [-0.2, -0.15) is 0 Å². The van der Waals surface area contributed by atoms with Gasteiger partial charge in [0, 0.05) is 30.3 Å². The molecule has 7 heteroatoms. The van der Waals surface area contributed by atoms with E-state index in [9.17, 15) is 0 Å². The maximum atomic E-state index is 4.78. The van der Waals surface area contributed by atoms with E-state index in [1.165, 1.54) is 0 Å². The van der Waals surface area contributed by atoms with E-state index in [1.807, 2.05) is 32.2 Å². The molecule has 122 valence electrons. The van der Waals surface area contributed by atoms with E-state index in [2.05, 4.69) is 29.8 Å². The minimum Gasteiger partial charge on any atom is -0.346 e. The van der Waals surface area contributed by atoms with Crippen molar-refractivity contribution in [1.82, 2.24) is 29.9 Å². The van der Waals surface area contributed by atoms with Crippen molar-refractivity contribution in [1.29, 1.82) is 0 Å². The number of aryl methyl sites for hydroxylation is 2. The van der Waals surface area contributed by atoms with Crippen LogP contribution < -0.4 is 4.90 Å². The number of hydrogen-bond acceptors (Lipinski definition) is 6. The Hall–Kier alpha value is -2.83. The van der Waals surface area contributed by atoms with Crippen LogP contribution in [0.25, 0.3) is 11.5 Å². The number of aromatic nitrogens is 6. The maximum absolute atomic E-state index is 4.78. The normalized spacial score (nSPS) is 17.4. The van der Waals surface area contributed by atoms with Gasteiger partial charge in [0.05, 0.1) is 6.04 Å². The van der Waals surface area contributed by atoms with Crippen molar-refractivity contribution >= 4 is 5.82 Å². The number of aromatic amines is 1. The molecule has 1 saturated heterocycles. The molecule has 0 radical (unpaired) electrons. The highest BCUT2D eigenvalue weighted by atomic mass is 15.3. The summed E-state index contributed by atoms with van der Waals surface area (Å²) in [7, 11) is 0. The second-order valence-electron chi connectivity index (χ2n) is 6.09. The van der Waals surface area contributed by atoms with Crippen molar-refractivity contribution < 1.29 is 0 Å². The van der Waals surface area contributed by atoms with E-state index >= 15 is 0 Å². The number of nitrogens with one attached hydrogen (secondary N) is 1. The van der Waals surface area contributed by atoms with Crippen LogP contribution in [0.4, 0.5) is 5.82 Å². The maximum Gasteiger partial charge on any atom is 0.156 e. The molecule has 0 saturated carbocycles. The van der Waals surface area contributed by atoms with E-state index in [0.717, 1.165) is 53.9 Å². The van der Waals surface area contributed by atoms with E-state index in [4.69, 9.17) is 4.98 Å². The van der Waals surface area contributed by atoms with Gasteiger partial charge in [-0.15, -0.1) is 0 Å². The van der Waals surface area contributed by atoms with Crippen LogP contribution in [-0.2, 0) is 0 Å². The van der Waals surface area contributed by atoms with Gasteiger partial charge in [-0.1, -0.05) is 0 Å². The summed E-state index contributed by atoms with van der Waals surface area (Å²) in [4.78, 5) is 27.8. The van der Waals surface area contributed by atoms with Crippen LogP contribution in [0.2, 0.25) is 0 Å². The number of H-pyrrole nitrogens is 1. The Morgan fingerprint density at radius 1 is 1.21 bits per heavy atom. The molecule has 3 aromatic heterocycles. The standard InChI is InChI=1S/C17H19N7/c1-11-8-13(16-19-9-12(2)22-16)23-17(21-11)14-4-3-7-24(14)15-5-6-18-10-20-15/h5-6,8-10,14H,3-4,7H2,1-2H3,(H,19,22). The topological polar surface area (TPSA) is 83.5 Å². The fraction of sp³-hybridized carbons (Fsp3) is 0.353. The Morgan fingerprint density at radius 3 is 2.88 bits per heavy atom. The molecule has 1 aliphatic heterocycles. The van der Waals surface area contributed by atoms with Gasteiger partial charge in [-0.25, -0.2) is 24.9 Å². The van der Waals surface area contributed by atoms with Crippen LogP contribution in [0.3, 0.4) is 0 Å². The summed E-state index contributed by atoms with van der Waals surface area (Å²) in [6, 6.07) is 4.03. The van der Waals surface area contributed by atoms with Gasteiger partial charge in [-0.05, 0) is 38.8 Å². The monoisotopic (exact) mass is 321 g/mol. The first-order valence-corrected chi connectivity index (χ1v) is 8.11. The number of rotatable bonds is 3. The third-order valence-electron chi connectivity index (χ3n) is 4.23. The molecule has 4 heterocycles. The summed E-state index contributed by atoms with van der Waals surface area (Å²) >= 11 is 0. The smallest absolute Gasteiger partial charge is 0.156 e. The molecule has 1 unspecified atom stereocenters. The summed E-state index contributed by atoms with van der Waals surface area (Å²) in [6.07, 6.45) is 7.28. The van der Waals surface area contributed by atoms with Crippen LogP contribution in [0.1, 0.15) is 36.1 Å². The molecule has 0 spiro atoms. The molecular formula is C17H19N7. The van der Waals surface area contributed by atoms with E-state index in [1.54, 1.807) is 12.5 Å². The molecule has 0 amide bonds. The number of nitrogens with zero attached hydrogens (tertiary/aromatic N) is 6. The van der Waals surface area contributed by atoms with Crippen LogP contribution in [-0.4, -0.2) is 36.4 Å². The van der Waals surface area contributed by atoms with E-state index in [0.29, 0.717) is 0 Å². The average molecular weight is 321 g/mol. The molecule has 1 atom stereocenters. The quantitative estimate of drug-likeness (QED) is 0.798. The fourth-order valence-electron chi connectivity index (χ4n) is 3.17. The Balaban J connectivity index is 1.72. The SMILES string of the molecule is Cc1cc(-c2ncc(C)[nH]2)nc(C2CCCN2c2ccncn2)n1. The minimum absolute atomic E-state index is 0.134. The van der Waals surface area contributed by atoms with Crippen LogP contribution in [0, 0.1) is 13.8 Å². The van der Waals surface area contributed by atoms with E-state index < -0.39 is 0 Å². The highest BCUT2D eigenvalue weighted by molar-refractivity contribution is 5.50. The predicted octanol–water partition coefficient (Wildman–Crippen LogP) is 2.62. The van der Waals surface area contributed by atoms with Crippen LogP contribution >= 0.6 is 0 Å². The molecule has 1 aliphatic rings. The lowest BCUT2D eigenvalue weighted by atomic mass is 10.2. The molecule has 24 heavy (non-hydrogen) atoms. The summed E-state index contributed by atoms with van der Waals surface area (Å²) in [5, 5.41) is 0. The van der Waals surface area contributed by atoms with Gasteiger partial charge in [0.15, 0.2) is 11.6 Å². The van der Waals surface area contributed by atoms with Crippen molar-refractivity contribution in [3.8, 4) is 11.5 Å². The summed E-state index contributed by atoms with van der Waals surface area (Å²) in [5.41, 5.74) is 2.80. The molecule has 0 aliphatic carbocycles. The first-order chi connectivity index (χ1) is 11.7. The number of imidazole rings is 1. The Morgan fingerprint density at radius 2 is 2.12 bits per heavy atom. The zero-order chi connectivity index (χ0) is 16.5. The van der Waals surface area contributed by atoms with Gasteiger partial charge in [0.2, 0.25) is 0 Å². The summed E-state index contributed by atoms with van der Waals surface area (Å²) in [6.45, 7) is 4.93. The predicted molar refractivity (Wildman–Crippen MR) is 90.4 cm³/mol. The lowest BCUT2D eigenvalue weighted by Gasteiger charge is -2.24. The Bertz CT molecular complexity index is 843. The first kappa shape index (κ1) is 14.7. The highest BCUT2D eigenvalue weighted by Crippen LogP contribution is 2.34. The van der Waals surface area contributed by atoms with Gasteiger partial charge in [0.1, 0.15) is 17.8 Å².